The van der Waals surface area contributed by atoms with Gasteiger partial charge in [-0.05, 0) is 32.8 Å². The molecule has 0 saturated heterocycles. The van der Waals surface area contributed by atoms with Gasteiger partial charge < -0.3 is 19.7 Å². The van der Waals surface area contributed by atoms with Gasteiger partial charge in [0.25, 0.3) is 0 Å². The molecule has 0 spiro atoms. The minimum absolute atomic E-state index is 0.100. The molecule has 0 aromatic carbocycles. The van der Waals surface area contributed by atoms with Gasteiger partial charge in [0.1, 0.15) is 21.3 Å². The number of nitrogens with zero attached hydrogens (tertiary/aromatic N) is 3. The molecule has 0 unspecified atom stereocenters. The number of likely N-dealkylation sites (N-methyl/N-ethyl adjacent to an activating group) is 1. The van der Waals surface area contributed by atoms with E-state index in [0.29, 0.717) is 41.1 Å². The van der Waals surface area contributed by atoms with Gasteiger partial charge in [0.05, 0.1) is 18.5 Å². The molecule has 2 aromatic rings. The van der Waals surface area contributed by atoms with Crippen LogP contribution in [0, 0.1) is 13.8 Å². The highest BCUT2D eigenvalue weighted by molar-refractivity contribution is 7.20. The number of nitrogens with one attached hydrogen (secondary N) is 1. The summed E-state index contributed by atoms with van der Waals surface area (Å²) in [4.78, 5) is 36.4. The Bertz CT molecular complexity index is 821. The number of thiophene rings is 1. The Morgan fingerprint density at radius 3 is 2.67 bits per heavy atom. The lowest BCUT2D eigenvalue weighted by Gasteiger charge is -2.19. The molecule has 2 aromatic heterocycles. The van der Waals surface area contributed by atoms with E-state index in [9.17, 15) is 9.59 Å². The second-order valence-corrected chi connectivity index (χ2v) is 7.10. The lowest BCUT2D eigenvalue weighted by atomic mass is 10.2. The summed E-state index contributed by atoms with van der Waals surface area (Å²) in [5, 5.41) is 3.64. The first-order valence-electron chi connectivity index (χ1n) is 8.80. The summed E-state index contributed by atoms with van der Waals surface area (Å²) < 4.78 is 10.1. The van der Waals surface area contributed by atoms with E-state index in [1.807, 2.05) is 6.92 Å². The van der Waals surface area contributed by atoms with Crippen LogP contribution in [0.1, 0.15) is 34.4 Å². The van der Waals surface area contributed by atoms with E-state index >= 15 is 0 Å². The zero-order valence-electron chi connectivity index (χ0n) is 16.4. The molecule has 0 saturated carbocycles. The van der Waals surface area contributed by atoms with E-state index in [1.165, 1.54) is 11.3 Å². The second kappa shape index (κ2) is 9.61. The number of rotatable bonds is 9. The molecule has 27 heavy (non-hydrogen) atoms. The number of esters is 1. The van der Waals surface area contributed by atoms with E-state index < -0.39 is 0 Å². The number of aryl methyl sites for hydroxylation is 2. The predicted molar refractivity (Wildman–Crippen MR) is 106 cm³/mol. The number of aromatic nitrogens is 2. The largest absolute Gasteiger partial charge is 0.462 e. The molecule has 9 heteroatoms. The maximum absolute atomic E-state index is 12.2. The molecular formula is C18H26N4O4S. The quantitative estimate of drug-likeness (QED) is 0.514. The molecule has 8 nitrogen and oxygen atoms in total. The average molecular weight is 394 g/mol. The van der Waals surface area contributed by atoms with Gasteiger partial charge in [-0.3, -0.25) is 4.79 Å². The van der Waals surface area contributed by atoms with Crippen LogP contribution >= 0.6 is 11.3 Å². The molecule has 0 radical (unpaired) electrons. The van der Waals surface area contributed by atoms with Crippen molar-refractivity contribution in [3.8, 4) is 0 Å². The van der Waals surface area contributed by atoms with Crippen LogP contribution in [0.5, 0.6) is 0 Å². The molecule has 1 N–H and O–H groups in total. The number of anilines is 1. The molecule has 2 heterocycles. The molecule has 148 valence electrons. The molecule has 1 amide bonds. The molecule has 0 aliphatic heterocycles. The van der Waals surface area contributed by atoms with Crippen molar-refractivity contribution in [1.29, 1.82) is 0 Å². The van der Waals surface area contributed by atoms with Crippen molar-refractivity contribution in [3.05, 3.63) is 16.3 Å². The first-order valence-corrected chi connectivity index (χ1v) is 9.62. The van der Waals surface area contributed by atoms with Gasteiger partial charge in [-0.2, -0.15) is 0 Å². The summed E-state index contributed by atoms with van der Waals surface area (Å²) >= 11 is 1.29. The zero-order valence-corrected chi connectivity index (χ0v) is 17.2. The first kappa shape index (κ1) is 21.0. The Morgan fingerprint density at radius 2 is 2.00 bits per heavy atom. The molecule has 2 rings (SSSR count). The lowest BCUT2D eigenvalue weighted by molar-refractivity contribution is -0.119. The van der Waals surface area contributed by atoms with E-state index in [1.54, 1.807) is 32.9 Å². The normalized spacial score (nSPS) is 10.9. The fourth-order valence-corrected chi connectivity index (χ4v) is 3.79. The Hall–Kier alpha value is -2.26. The summed E-state index contributed by atoms with van der Waals surface area (Å²) in [7, 11) is 3.43. The third kappa shape index (κ3) is 5.14. The van der Waals surface area contributed by atoms with Gasteiger partial charge in [0.2, 0.25) is 5.91 Å². The van der Waals surface area contributed by atoms with E-state index in [-0.39, 0.29) is 18.4 Å². The number of methoxy groups -OCH3 is 1. The fraction of sp³-hybridized carbons (Fsp3) is 0.556. The van der Waals surface area contributed by atoms with Crippen molar-refractivity contribution >= 4 is 39.2 Å². The Balaban J connectivity index is 2.26. The smallest absolute Gasteiger partial charge is 0.348 e. The highest BCUT2D eigenvalue weighted by Gasteiger charge is 2.23. The number of carbonyl (C=O) groups excluding carboxylic acids is 2. The van der Waals surface area contributed by atoms with Crippen LogP contribution in [0.3, 0.4) is 0 Å². The van der Waals surface area contributed by atoms with Gasteiger partial charge in [-0.1, -0.05) is 0 Å². The average Bonchev–Trinajstić information content (AvgIpc) is 2.94. The summed E-state index contributed by atoms with van der Waals surface area (Å²) in [6.07, 6.45) is 0.759. The van der Waals surface area contributed by atoms with Crippen LogP contribution in [0.2, 0.25) is 0 Å². The van der Waals surface area contributed by atoms with Gasteiger partial charge in [-0.25, -0.2) is 14.8 Å². The highest BCUT2D eigenvalue weighted by Crippen LogP contribution is 2.35. The van der Waals surface area contributed by atoms with Crippen molar-refractivity contribution < 1.29 is 19.1 Å². The summed E-state index contributed by atoms with van der Waals surface area (Å²) in [6.45, 7) is 7.05. The maximum Gasteiger partial charge on any atom is 0.348 e. The minimum Gasteiger partial charge on any atom is -0.462 e. The number of hydrogen-bond acceptors (Lipinski definition) is 8. The topological polar surface area (TPSA) is 93.7 Å². The number of hydrogen-bond donors (Lipinski definition) is 1. The van der Waals surface area contributed by atoms with Crippen LogP contribution in [0.25, 0.3) is 10.2 Å². The number of carbonyl (C=O) groups is 2. The van der Waals surface area contributed by atoms with Crippen LogP contribution in [-0.4, -0.2) is 62.3 Å². The second-order valence-electron chi connectivity index (χ2n) is 6.10. The molecule has 0 bridgehead atoms. The third-order valence-electron chi connectivity index (χ3n) is 3.93. The summed E-state index contributed by atoms with van der Waals surface area (Å²) in [5.41, 5.74) is 0.774. The maximum atomic E-state index is 12.2. The van der Waals surface area contributed by atoms with Crippen molar-refractivity contribution in [2.24, 2.45) is 0 Å². The van der Waals surface area contributed by atoms with E-state index in [4.69, 9.17) is 9.47 Å². The molecule has 0 aliphatic rings. The molecule has 0 aliphatic carbocycles. The molecule has 0 atom stereocenters. The Kier molecular flexibility index (Phi) is 7.49. The Labute approximate surface area is 162 Å². The SMILES string of the molecule is CCOC(=O)c1sc2nc(C)nc(N(C)CC(=O)NCCCOC)c2c1C. The Morgan fingerprint density at radius 1 is 1.26 bits per heavy atom. The van der Waals surface area contributed by atoms with Crippen LogP contribution in [0.4, 0.5) is 5.82 Å². The van der Waals surface area contributed by atoms with Crippen molar-refractivity contribution in [3.63, 3.8) is 0 Å². The summed E-state index contributed by atoms with van der Waals surface area (Å²) in [5.74, 6) is 0.756. The van der Waals surface area contributed by atoms with Gasteiger partial charge >= 0.3 is 5.97 Å². The zero-order chi connectivity index (χ0) is 20.0. The monoisotopic (exact) mass is 394 g/mol. The number of ether oxygens (including phenoxy) is 2. The van der Waals surface area contributed by atoms with E-state index in [2.05, 4.69) is 15.3 Å². The van der Waals surface area contributed by atoms with Gasteiger partial charge in [0.15, 0.2) is 0 Å². The minimum atomic E-state index is -0.361. The van der Waals surface area contributed by atoms with Crippen molar-refractivity contribution in [2.45, 2.75) is 27.2 Å². The fourth-order valence-electron chi connectivity index (χ4n) is 2.68. The van der Waals surface area contributed by atoms with Crippen molar-refractivity contribution in [2.75, 3.05) is 45.4 Å². The number of fused-ring (bicyclic) bond motifs is 1. The van der Waals surface area contributed by atoms with Gasteiger partial charge in [0, 0.05) is 27.3 Å². The standard InChI is InChI=1S/C18H26N4O4S/c1-6-26-18(24)15-11(2)14-16(20-12(3)21-17(14)27-15)22(4)10-13(23)19-8-7-9-25-5/h6-10H2,1-5H3,(H,19,23). The summed E-state index contributed by atoms with van der Waals surface area (Å²) in [6, 6.07) is 0. The van der Waals surface area contributed by atoms with Gasteiger partial charge in [-0.15, -0.1) is 11.3 Å². The lowest BCUT2D eigenvalue weighted by Crippen LogP contribution is -2.36. The highest BCUT2D eigenvalue weighted by atomic mass is 32.1. The van der Waals surface area contributed by atoms with Crippen LogP contribution in [0.15, 0.2) is 0 Å². The van der Waals surface area contributed by atoms with Crippen LogP contribution in [-0.2, 0) is 14.3 Å². The third-order valence-corrected chi connectivity index (χ3v) is 5.10. The predicted octanol–water partition coefficient (Wildman–Crippen LogP) is 2.07. The first-order chi connectivity index (χ1) is 12.9. The number of amides is 1. The molecular weight excluding hydrogens is 368 g/mol. The molecule has 0 fully saturated rings. The van der Waals surface area contributed by atoms with Crippen LogP contribution < -0.4 is 10.2 Å². The van der Waals surface area contributed by atoms with E-state index in [0.717, 1.165) is 17.4 Å². The van der Waals surface area contributed by atoms with Crippen molar-refractivity contribution in [1.82, 2.24) is 15.3 Å².